The molecule has 0 bridgehead atoms. The van der Waals surface area contributed by atoms with Crippen molar-refractivity contribution >= 4 is 26.2 Å². The molecule has 0 heterocycles. The van der Waals surface area contributed by atoms with E-state index >= 15 is 0 Å². The van der Waals surface area contributed by atoms with Crippen molar-refractivity contribution in [1.29, 1.82) is 0 Å². The maximum Gasteiger partial charge on any atom is 0.333 e. The van der Waals surface area contributed by atoms with E-state index in [0.29, 0.717) is 5.33 Å². The van der Waals surface area contributed by atoms with Crippen LogP contribution < -0.4 is 0 Å². The molecule has 0 aliphatic rings. The number of alkyl halides is 1. The third-order valence-corrected chi connectivity index (χ3v) is 2.60. The van der Waals surface area contributed by atoms with Gasteiger partial charge >= 0.3 is 10.2 Å². The van der Waals surface area contributed by atoms with Crippen LogP contribution in [0.1, 0.15) is 5.56 Å². The first kappa shape index (κ1) is 11.2. The van der Waals surface area contributed by atoms with Crippen molar-refractivity contribution in [3.05, 3.63) is 29.8 Å². The van der Waals surface area contributed by atoms with E-state index in [9.17, 15) is 12.3 Å². The molecule has 0 saturated carbocycles. The summed E-state index contributed by atoms with van der Waals surface area (Å²) in [4.78, 5) is -0.381. The van der Waals surface area contributed by atoms with Crippen molar-refractivity contribution in [1.82, 2.24) is 0 Å². The van der Waals surface area contributed by atoms with Gasteiger partial charge in [0.2, 0.25) is 0 Å². The van der Waals surface area contributed by atoms with Crippen LogP contribution in [0.3, 0.4) is 0 Å². The Labute approximate surface area is 90.5 Å². The Hall–Kier alpha value is -0.860. The highest BCUT2D eigenvalue weighted by atomic mass is 79.9. The lowest BCUT2D eigenvalue weighted by molar-refractivity contribution is 0.552. The van der Waals surface area contributed by atoms with Crippen LogP contribution in [0.15, 0.2) is 29.2 Å². The third-order valence-electron chi connectivity index (χ3n) is 1.44. The average Bonchev–Trinajstić information content (AvgIpc) is 2.14. The average molecular weight is 277 g/mol. The maximum atomic E-state index is 12.7. The van der Waals surface area contributed by atoms with Gasteiger partial charge in [0.05, 0.1) is 5.33 Å². The Kier molecular flexibility index (Phi) is 3.67. The smallest absolute Gasteiger partial charge is 0.189 e. The summed E-state index contributed by atoms with van der Waals surface area (Å²) >= 11 is 3.07. The molecule has 2 nitrogen and oxygen atoms in total. The van der Waals surface area contributed by atoms with Gasteiger partial charge in [-0.1, -0.05) is 39.9 Å². The lowest BCUT2D eigenvalue weighted by Crippen LogP contribution is -1.95. The fraction of sp³-hybridized carbons (Fsp3) is 0.111. The van der Waals surface area contributed by atoms with Gasteiger partial charge in [-0.2, -0.15) is 8.42 Å². The lowest BCUT2D eigenvalue weighted by atomic mass is 10.2. The number of halogens is 2. The zero-order chi connectivity index (χ0) is 10.6. The van der Waals surface area contributed by atoms with Crippen molar-refractivity contribution in [3.63, 3.8) is 0 Å². The summed E-state index contributed by atoms with van der Waals surface area (Å²) in [6, 6.07) is 5.70. The molecule has 0 N–H and O–H groups in total. The molecule has 0 saturated heterocycles. The molecule has 0 aromatic heterocycles. The zero-order valence-electron chi connectivity index (χ0n) is 7.00. The van der Waals surface area contributed by atoms with Crippen LogP contribution in [0, 0.1) is 11.8 Å². The van der Waals surface area contributed by atoms with Crippen LogP contribution in [0.2, 0.25) is 0 Å². The Morgan fingerprint density at radius 3 is 2.57 bits per heavy atom. The molecule has 0 radical (unpaired) electrons. The quantitative estimate of drug-likeness (QED) is 0.447. The van der Waals surface area contributed by atoms with Gasteiger partial charge in [-0.25, -0.2) is 0 Å². The van der Waals surface area contributed by atoms with Crippen LogP contribution in [-0.2, 0) is 10.2 Å². The first-order valence-electron chi connectivity index (χ1n) is 3.64. The van der Waals surface area contributed by atoms with Crippen LogP contribution >= 0.6 is 15.9 Å². The van der Waals surface area contributed by atoms with E-state index in [0.717, 1.165) is 0 Å². The number of hydrogen-bond donors (Lipinski definition) is 0. The molecule has 0 unspecified atom stereocenters. The summed E-state index contributed by atoms with van der Waals surface area (Å²) in [7, 11) is -4.68. The van der Waals surface area contributed by atoms with Gasteiger partial charge in [-0.15, -0.1) is 3.89 Å². The van der Waals surface area contributed by atoms with E-state index in [1.807, 2.05) is 0 Å². The highest BCUT2D eigenvalue weighted by Gasteiger charge is 2.14. The molecule has 5 heteroatoms. The maximum absolute atomic E-state index is 12.7. The molecular formula is C9H6BrFO2S. The molecule has 1 rings (SSSR count). The molecule has 1 aromatic carbocycles. The second-order valence-corrected chi connectivity index (χ2v) is 4.25. The molecule has 0 amide bonds. The van der Waals surface area contributed by atoms with E-state index in [1.54, 1.807) is 6.07 Å². The fourth-order valence-corrected chi connectivity index (χ4v) is 1.67. The van der Waals surface area contributed by atoms with E-state index < -0.39 is 10.2 Å². The summed E-state index contributed by atoms with van der Waals surface area (Å²) in [6.07, 6.45) is 0. The monoisotopic (exact) mass is 276 g/mol. The highest BCUT2D eigenvalue weighted by molar-refractivity contribution is 9.09. The van der Waals surface area contributed by atoms with Gasteiger partial charge in [0.25, 0.3) is 0 Å². The van der Waals surface area contributed by atoms with Crippen LogP contribution in [0.25, 0.3) is 0 Å². The van der Waals surface area contributed by atoms with Gasteiger partial charge in [-0.3, -0.25) is 0 Å². The SMILES string of the molecule is O=S(=O)(F)c1ccccc1C#CCBr. The molecule has 0 aliphatic carbocycles. The minimum absolute atomic E-state index is 0.175. The van der Waals surface area contributed by atoms with Crippen molar-refractivity contribution in [2.75, 3.05) is 5.33 Å². The van der Waals surface area contributed by atoms with Crippen molar-refractivity contribution in [2.45, 2.75) is 4.90 Å². The summed E-state index contributed by atoms with van der Waals surface area (Å²) in [5.74, 6) is 5.17. The summed E-state index contributed by atoms with van der Waals surface area (Å²) in [6.45, 7) is 0. The normalized spacial score (nSPS) is 10.4. The largest absolute Gasteiger partial charge is 0.333 e. The van der Waals surface area contributed by atoms with Gasteiger partial charge in [0.15, 0.2) is 0 Å². The predicted molar refractivity (Wildman–Crippen MR) is 55.4 cm³/mol. The number of benzene rings is 1. The Bertz CT molecular complexity index is 485. The lowest BCUT2D eigenvalue weighted by Gasteiger charge is -1.97. The molecule has 14 heavy (non-hydrogen) atoms. The molecule has 0 atom stereocenters. The molecule has 1 aromatic rings. The minimum atomic E-state index is -4.68. The van der Waals surface area contributed by atoms with Crippen molar-refractivity contribution in [3.8, 4) is 11.8 Å². The van der Waals surface area contributed by atoms with E-state index in [-0.39, 0.29) is 10.5 Å². The number of rotatable bonds is 1. The molecule has 0 aliphatic heterocycles. The molecular weight excluding hydrogens is 271 g/mol. The second kappa shape index (κ2) is 4.58. The van der Waals surface area contributed by atoms with Gasteiger partial charge in [0, 0.05) is 5.56 Å². The van der Waals surface area contributed by atoms with Gasteiger partial charge < -0.3 is 0 Å². The van der Waals surface area contributed by atoms with Crippen molar-refractivity contribution < 1.29 is 12.3 Å². The molecule has 0 spiro atoms. The minimum Gasteiger partial charge on any atom is -0.189 e. The van der Waals surface area contributed by atoms with Crippen LogP contribution in [0.5, 0.6) is 0 Å². The van der Waals surface area contributed by atoms with E-state index in [4.69, 9.17) is 0 Å². The van der Waals surface area contributed by atoms with Gasteiger partial charge in [0.1, 0.15) is 4.90 Å². The Morgan fingerprint density at radius 2 is 2.00 bits per heavy atom. The Morgan fingerprint density at radius 1 is 1.36 bits per heavy atom. The molecule has 0 fully saturated rings. The first-order valence-corrected chi connectivity index (χ1v) is 6.14. The summed E-state index contributed by atoms with van der Waals surface area (Å²) in [5.41, 5.74) is 0.175. The van der Waals surface area contributed by atoms with Crippen molar-refractivity contribution in [2.24, 2.45) is 0 Å². The topological polar surface area (TPSA) is 34.1 Å². The van der Waals surface area contributed by atoms with E-state index in [1.165, 1.54) is 18.2 Å². The number of hydrogen-bond acceptors (Lipinski definition) is 2. The van der Waals surface area contributed by atoms with Crippen LogP contribution in [-0.4, -0.2) is 13.7 Å². The van der Waals surface area contributed by atoms with Crippen LogP contribution in [0.4, 0.5) is 3.89 Å². The second-order valence-electron chi connectivity index (χ2n) is 2.37. The highest BCUT2D eigenvalue weighted by Crippen LogP contribution is 2.16. The van der Waals surface area contributed by atoms with Gasteiger partial charge in [-0.05, 0) is 12.1 Å². The third kappa shape index (κ3) is 2.82. The summed E-state index contributed by atoms with van der Waals surface area (Å²) in [5, 5.41) is 0.410. The first-order chi connectivity index (χ1) is 6.55. The summed E-state index contributed by atoms with van der Waals surface area (Å²) < 4.78 is 34.0. The zero-order valence-corrected chi connectivity index (χ0v) is 9.40. The Balaban J connectivity index is 3.31. The fourth-order valence-electron chi connectivity index (χ4n) is 0.911. The molecule has 74 valence electrons. The predicted octanol–water partition coefficient (Wildman–Crippen LogP) is 2.09. The van der Waals surface area contributed by atoms with E-state index in [2.05, 4.69) is 27.8 Å². The standard InChI is InChI=1S/C9H6BrFO2S/c10-7-3-5-8-4-1-2-6-9(8)14(11,12)13/h1-2,4,6H,7H2.